The third kappa shape index (κ3) is 2.18. The molecule has 5 nitrogen and oxygen atoms in total. The number of benzene rings is 1. The molecule has 3 rings (SSSR count). The van der Waals surface area contributed by atoms with Gasteiger partial charge < -0.3 is 9.73 Å². The number of carbonyl (C=O) groups is 1. The van der Waals surface area contributed by atoms with Crippen molar-refractivity contribution in [3.05, 3.63) is 60.1 Å². The molecule has 0 radical (unpaired) electrons. The number of amides is 2. The molecule has 1 aromatic carbocycles. The van der Waals surface area contributed by atoms with Crippen LogP contribution in [0.15, 0.2) is 58.2 Å². The largest absolute Gasteiger partial charge is 0.467 e. The summed E-state index contributed by atoms with van der Waals surface area (Å²) in [5.41, 5.74) is 1.74. The highest BCUT2D eigenvalue weighted by atomic mass is 16.3. The summed E-state index contributed by atoms with van der Waals surface area (Å²) in [5, 5.41) is 8.82. The maximum absolute atomic E-state index is 12.0. The van der Waals surface area contributed by atoms with Crippen molar-refractivity contribution in [2.75, 3.05) is 6.54 Å². The van der Waals surface area contributed by atoms with Crippen LogP contribution in [0.5, 0.6) is 0 Å². The third-order valence-electron chi connectivity index (χ3n) is 3.20. The highest BCUT2D eigenvalue weighted by Gasteiger charge is 2.31. The smallest absolute Gasteiger partial charge is 0.338 e. The molecule has 0 unspecified atom stereocenters. The molecule has 0 bridgehead atoms. The monoisotopic (exact) mass is 269 g/mol. The van der Waals surface area contributed by atoms with E-state index >= 15 is 0 Å². The number of carbonyl (C=O) groups excluding carboxylic acids is 1. The third-order valence-corrected chi connectivity index (χ3v) is 3.20. The average Bonchev–Trinajstić information content (AvgIpc) is 3.02. The maximum Gasteiger partial charge on any atom is 0.338 e. The number of rotatable bonds is 3. The van der Waals surface area contributed by atoms with Crippen molar-refractivity contribution in [1.82, 2.24) is 10.3 Å². The van der Waals surface area contributed by atoms with Crippen LogP contribution in [0.1, 0.15) is 24.3 Å². The molecule has 0 saturated carbocycles. The lowest BCUT2D eigenvalue weighted by Crippen LogP contribution is -2.47. The molecule has 5 heteroatoms. The zero-order chi connectivity index (χ0) is 13.9. The summed E-state index contributed by atoms with van der Waals surface area (Å²) in [5.74, 6) is 0.678. The van der Waals surface area contributed by atoms with Crippen LogP contribution in [0.2, 0.25) is 0 Å². The van der Waals surface area contributed by atoms with Crippen molar-refractivity contribution >= 4 is 11.7 Å². The Hall–Kier alpha value is -2.56. The number of hydrazone groups is 1. The number of furan rings is 1. The molecule has 1 atom stereocenters. The van der Waals surface area contributed by atoms with E-state index in [1.807, 2.05) is 43.3 Å². The molecular formula is C15H15N3O2. The first-order valence-electron chi connectivity index (χ1n) is 6.55. The van der Waals surface area contributed by atoms with Crippen LogP contribution in [0.3, 0.4) is 0 Å². The number of hydrogen-bond acceptors (Lipinski definition) is 3. The van der Waals surface area contributed by atoms with Crippen molar-refractivity contribution in [1.29, 1.82) is 0 Å². The molecule has 0 saturated heterocycles. The summed E-state index contributed by atoms with van der Waals surface area (Å²) in [6.45, 7) is 2.41. The molecular weight excluding hydrogens is 254 g/mol. The van der Waals surface area contributed by atoms with E-state index in [0.29, 0.717) is 12.3 Å². The van der Waals surface area contributed by atoms with Gasteiger partial charge in [-0.25, -0.2) is 9.80 Å². The number of urea groups is 1. The Bertz CT molecular complexity index is 620. The van der Waals surface area contributed by atoms with Crippen LogP contribution < -0.4 is 5.32 Å². The van der Waals surface area contributed by atoms with Gasteiger partial charge in [0.15, 0.2) is 0 Å². The Morgan fingerprint density at radius 1 is 1.25 bits per heavy atom. The lowest BCUT2D eigenvalue weighted by molar-refractivity contribution is 0.195. The van der Waals surface area contributed by atoms with Crippen LogP contribution in [0.4, 0.5) is 4.79 Å². The van der Waals surface area contributed by atoms with Crippen molar-refractivity contribution in [3.8, 4) is 0 Å². The molecule has 2 amide bonds. The first-order valence-corrected chi connectivity index (χ1v) is 6.55. The van der Waals surface area contributed by atoms with Gasteiger partial charge in [0.05, 0.1) is 12.0 Å². The van der Waals surface area contributed by atoms with Crippen LogP contribution in [-0.4, -0.2) is 23.3 Å². The Labute approximate surface area is 116 Å². The highest BCUT2D eigenvalue weighted by Crippen LogP contribution is 2.23. The fourth-order valence-electron chi connectivity index (χ4n) is 2.21. The topological polar surface area (TPSA) is 57.8 Å². The van der Waals surface area contributed by atoms with Crippen LogP contribution in [0.25, 0.3) is 0 Å². The quantitative estimate of drug-likeness (QED) is 0.931. The SMILES string of the molecule is CCN1N=C(c2ccccc2)[C@H](c2ccco2)NC1=O. The molecule has 20 heavy (non-hydrogen) atoms. The van der Waals surface area contributed by atoms with E-state index in [0.717, 1.165) is 11.3 Å². The number of nitrogens with one attached hydrogen (secondary N) is 1. The molecule has 1 aliphatic rings. The summed E-state index contributed by atoms with van der Waals surface area (Å²) in [4.78, 5) is 12.0. The van der Waals surface area contributed by atoms with E-state index in [1.165, 1.54) is 5.01 Å². The second-order valence-electron chi connectivity index (χ2n) is 4.46. The molecule has 0 aliphatic carbocycles. The Balaban J connectivity index is 2.06. The van der Waals surface area contributed by atoms with Gasteiger partial charge in [-0.1, -0.05) is 30.3 Å². The standard InChI is InChI=1S/C15H15N3O2/c1-2-18-15(19)16-14(12-9-6-10-20-12)13(17-18)11-7-4-3-5-8-11/h3-10,14H,2H2,1H3,(H,16,19)/t14-/m0/s1. The maximum atomic E-state index is 12.0. The fraction of sp³-hybridized carbons (Fsp3) is 0.200. The first kappa shape index (κ1) is 12.5. The summed E-state index contributed by atoms with van der Waals surface area (Å²) in [7, 11) is 0. The second-order valence-corrected chi connectivity index (χ2v) is 4.46. The van der Waals surface area contributed by atoms with Crippen LogP contribution in [-0.2, 0) is 0 Å². The zero-order valence-corrected chi connectivity index (χ0v) is 11.1. The Morgan fingerprint density at radius 2 is 2.05 bits per heavy atom. The summed E-state index contributed by atoms with van der Waals surface area (Å²) in [6, 6.07) is 12.9. The van der Waals surface area contributed by atoms with Gasteiger partial charge in [0.25, 0.3) is 0 Å². The van der Waals surface area contributed by atoms with E-state index in [9.17, 15) is 4.79 Å². The van der Waals surface area contributed by atoms with Crippen molar-refractivity contribution in [2.24, 2.45) is 5.10 Å². The van der Waals surface area contributed by atoms with Crippen LogP contribution in [0, 0.1) is 0 Å². The summed E-state index contributed by atoms with van der Waals surface area (Å²) >= 11 is 0. The van der Waals surface area contributed by atoms with E-state index in [1.54, 1.807) is 12.3 Å². The minimum Gasteiger partial charge on any atom is -0.467 e. The lowest BCUT2D eigenvalue weighted by Gasteiger charge is -2.29. The molecule has 2 heterocycles. The average molecular weight is 269 g/mol. The Kier molecular flexibility index (Phi) is 3.25. The molecule has 2 aromatic rings. The van der Waals surface area contributed by atoms with Crippen LogP contribution >= 0.6 is 0 Å². The fourth-order valence-corrected chi connectivity index (χ4v) is 2.21. The summed E-state index contributed by atoms with van der Waals surface area (Å²) in [6.07, 6.45) is 1.59. The Morgan fingerprint density at radius 3 is 2.70 bits per heavy atom. The van der Waals surface area contributed by atoms with Crippen molar-refractivity contribution in [2.45, 2.75) is 13.0 Å². The van der Waals surface area contributed by atoms with Gasteiger partial charge in [-0.2, -0.15) is 5.10 Å². The molecule has 1 aromatic heterocycles. The highest BCUT2D eigenvalue weighted by molar-refractivity contribution is 6.07. The zero-order valence-electron chi connectivity index (χ0n) is 11.1. The normalized spacial score (nSPS) is 18.6. The van der Waals surface area contributed by atoms with E-state index < -0.39 is 0 Å². The first-order chi connectivity index (χ1) is 9.79. The van der Waals surface area contributed by atoms with Gasteiger partial charge in [0.2, 0.25) is 0 Å². The van der Waals surface area contributed by atoms with Crippen molar-refractivity contribution < 1.29 is 9.21 Å². The van der Waals surface area contributed by atoms with Crippen molar-refractivity contribution in [3.63, 3.8) is 0 Å². The predicted octanol–water partition coefficient (Wildman–Crippen LogP) is 2.77. The van der Waals surface area contributed by atoms with Gasteiger partial charge in [-0.05, 0) is 19.1 Å². The van der Waals surface area contributed by atoms with E-state index in [-0.39, 0.29) is 12.1 Å². The summed E-state index contributed by atoms with van der Waals surface area (Å²) < 4.78 is 5.43. The molecule has 1 aliphatic heterocycles. The van der Waals surface area contributed by atoms with Gasteiger partial charge >= 0.3 is 6.03 Å². The molecule has 0 fully saturated rings. The second kappa shape index (κ2) is 5.21. The van der Waals surface area contributed by atoms with Gasteiger partial charge in [-0.3, -0.25) is 0 Å². The number of nitrogens with zero attached hydrogens (tertiary/aromatic N) is 2. The minimum atomic E-state index is -0.359. The lowest BCUT2D eigenvalue weighted by atomic mass is 10.0. The molecule has 102 valence electrons. The minimum absolute atomic E-state index is 0.214. The molecule has 1 N–H and O–H groups in total. The van der Waals surface area contributed by atoms with E-state index in [4.69, 9.17) is 4.42 Å². The molecule has 0 spiro atoms. The van der Waals surface area contributed by atoms with E-state index in [2.05, 4.69) is 10.4 Å². The number of hydrogen-bond donors (Lipinski definition) is 1. The van der Waals surface area contributed by atoms with Gasteiger partial charge in [0.1, 0.15) is 11.8 Å². The van der Waals surface area contributed by atoms with Gasteiger partial charge in [0, 0.05) is 12.1 Å². The van der Waals surface area contributed by atoms with Gasteiger partial charge in [-0.15, -0.1) is 0 Å². The predicted molar refractivity (Wildman–Crippen MR) is 75.3 cm³/mol.